The van der Waals surface area contributed by atoms with Crippen LogP contribution in [0.3, 0.4) is 0 Å². The summed E-state index contributed by atoms with van der Waals surface area (Å²) in [6, 6.07) is 11.6. The highest BCUT2D eigenvalue weighted by molar-refractivity contribution is 5.77. The quantitative estimate of drug-likeness (QED) is 0.736. The highest BCUT2D eigenvalue weighted by atomic mass is 16.5. The minimum absolute atomic E-state index is 0.0567. The average molecular weight is 327 g/mol. The fourth-order valence-electron chi connectivity index (χ4n) is 3.25. The highest BCUT2D eigenvalue weighted by Crippen LogP contribution is 2.19. The lowest BCUT2D eigenvalue weighted by atomic mass is 10.3. The SMILES string of the molecule is Cc1ccc(-n2c(=O)n(CCN3CCOCC3)c3ccccc32)o1. The van der Waals surface area contributed by atoms with Gasteiger partial charge in [-0.25, -0.2) is 9.36 Å². The molecule has 1 aliphatic rings. The summed E-state index contributed by atoms with van der Waals surface area (Å²) in [4.78, 5) is 15.3. The Morgan fingerprint density at radius 1 is 1.00 bits per heavy atom. The lowest BCUT2D eigenvalue weighted by Crippen LogP contribution is -2.39. The van der Waals surface area contributed by atoms with Crippen LogP contribution < -0.4 is 5.69 Å². The molecule has 1 fully saturated rings. The Balaban J connectivity index is 1.72. The molecule has 0 bridgehead atoms. The second kappa shape index (κ2) is 6.30. The molecule has 6 heteroatoms. The van der Waals surface area contributed by atoms with Crippen molar-refractivity contribution in [1.82, 2.24) is 14.0 Å². The van der Waals surface area contributed by atoms with Gasteiger partial charge in [-0.1, -0.05) is 12.1 Å². The van der Waals surface area contributed by atoms with Gasteiger partial charge in [-0.3, -0.25) is 9.47 Å². The van der Waals surface area contributed by atoms with Gasteiger partial charge in [0.1, 0.15) is 5.76 Å². The number of hydrogen-bond donors (Lipinski definition) is 0. The van der Waals surface area contributed by atoms with E-state index >= 15 is 0 Å². The van der Waals surface area contributed by atoms with Crippen LogP contribution in [0, 0.1) is 6.92 Å². The lowest BCUT2D eigenvalue weighted by Gasteiger charge is -2.26. The Morgan fingerprint density at radius 2 is 1.75 bits per heavy atom. The van der Waals surface area contributed by atoms with Gasteiger partial charge in [0.15, 0.2) is 0 Å². The largest absolute Gasteiger partial charge is 0.445 e. The summed E-state index contributed by atoms with van der Waals surface area (Å²) in [5.41, 5.74) is 1.75. The maximum atomic E-state index is 13.0. The molecule has 126 valence electrons. The first-order chi connectivity index (χ1) is 11.7. The molecular weight excluding hydrogens is 306 g/mol. The predicted octanol–water partition coefficient (Wildman–Crippen LogP) is 2.03. The monoisotopic (exact) mass is 327 g/mol. The summed E-state index contributed by atoms with van der Waals surface area (Å²) in [6.45, 7) is 6.76. The van der Waals surface area contributed by atoms with Crippen molar-refractivity contribution in [2.24, 2.45) is 0 Å². The maximum absolute atomic E-state index is 13.0. The smallest absolute Gasteiger partial charge is 0.336 e. The predicted molar refractivity (Wildman–Crippen MR) is 91.8 cm³/mol. The second-order valence-corrected chi connectivity index (χ2v) is 6.10. The molecule has 0 unspecified atom stereocenters. The normalized spacial score (nSPS) is 16.0. The van der Waals surface area contributed by atoms with E-state index in [0.29, 0.717) is 12.4 Å². The van der Waals surface area contributed by atoms with Crippen LogP contribution in [-0.2, 0) is 11.3 Å². The van der Waals surface area contributed by atoms with Crippen molar-refractivity contribution in [3.8, 4) is 5.88 Å². The summed E-state index contributed by atoms with van der Waals surface area (Å²) in [7, 11) is 0. The van der Waals surface area contributed by atoms with Gasteiger partial charge in [0, 0.05) is 32.2 Å². The van der Waals surface area contributed by atoms with Crippen LogP contribution in [0.5, 0.6) is 0 Å². The summed E-state index contributed by atoms with van der Waals surface area (Å²) in [5, 5.41) is 0. The number of nitrogens with zero attached hydrogens (tertiary/aromatic N) is 3. The number of morpholine rings is 1. The van der Waals surface area contributed by atoms with E-state index in [1.54, 1.807) is 4.57 Å². The Hall–Kier alpha value is -2.31. The number of fused-ring (bicyclic) bond motifs is 1. The van der Waals surface area contributed by atoms with Crippen molar-refractivity contribution in [3.63, 3.8) is 0 Å². The number of aryl methyl sites for hydroxylation is 1. The van der Waals surface area contributed by atoms with E-state index in [9.17, 15) is 4.79 Å². The fraction of sp³-hybridized carbons (Fsp3) is 0.389. The molecule has 0 aliphatic carbocycles. The van der Waals surface area contributed by atoms with E-state index < -0.39 is 0 Å². The Morgan fingerprint density at radius 3 is 2.46 bits per heavy atom. The van der Waals surface area contributed by atoms with E-state index in [-0.39, 0.29) is 5.69 Å². The Bertz CT molecular complexity index is 900. The molecular formula is C18H21N3O3. The molecule has 3 aromatic rings. The van der Waals surface area contributed by atoms with Crippen molar-refractivity contribution in [2.75, 3.05) is 32.8 Å². The number of para-hydroxylation sites is 2. The zero-order valence-corrected chi connectivity index (χ0v) is 13.8. The summed E-state index contributed by atoms with van der Waals surface area (Å²) >= 11 is 0. The lowest BCUT2D eigenvalue weighted by molar-refractivity contribution is 0.0364. The summed E-state index contributed by atoms with van der Waals surface area (Å²) in [5.74, 6) is 1.36. The zero-order valence-electron chi connectivity index (χ0n) is 13.8. The van der Waals surface area contributed by atoms with Crippen molar-refractivity contribution in [1.29, 1.82) is 0 Å². The topological polar surface area (TPSA) is 52.5 Å². The minimum atomic E-state index is -0.0567. The van der Waals surface area contributed by atoms with Gasteiger partial charge in [-0.05, 0) is 25.1 Å². The molecule has 0 amide bonds. The molecule has 0 N–H and O–H groups in total. The van der Waals surface area contributed by atoms with Crippen molar-refractivity contribution in [2.45, 2.75) is 13.5 Å². The number of benzene rings is 1. The first-order valence-corrected chi connectivity index (χ1v) is 8.31. The van der Waals surface area contributed by atoms with E-state index in [2.05, 4.69) is 4.90 Å². The van der Waals surface area contributed by atoms with Gasteiger partial charge in [-0.15, -0.1) is 0 Å². The van der Waals surface area contributed by atoms with Crippen molar-refractivity contribution < 1.29 is 9.15 Å². The third-order valence-corrected chi connectivity index (χ3v) is 4.53. The van der Waals surface area contributed by atoms with Gasteiger partial charge in [0.05, 0.1) is 24.2 Å². The summed E-state index contributed by atoms with van der Waals surface area (Å²) in [6.07, 6.45) is 0. The number of rotatable bonds is 4. The van der Waals surface area contributed by atoms with E-state index in [1.807, 2.05) is 47.9 Å². The van der Waals surface area contributed by atoms with Gasteiger partial charge < -0.3 is 9.15 Å². The van der Waals surface area contributed by atoms with Crippen LogP contribution in [0.25, 0.3) is 16.9 Å². The molecule has 2 aromatic heterocycles. The molecule has 24 heavy (non-hydrogen) atoms. The Kier molecular flexibility index (Phi) is 4.00. The third-order valence-electron chi connectivity index (χ3n) is 4.53. The van der Waals surface area contributed by atoms with Crippen LogP contribution in [0.4, 0.5) is 0 Å². The first-order valence-electron chi connectivity index (χ1n) is 8.31. The standard InChI is InChI=1S/C18H21N3O3/c1-14-6-7-17(24-14)21-16-5-3-2-4-15(16)20(18(21)22)9-8-19-10-12-23-13-11-19/h2-7H,8-13H2,1H3. The van der Waals surface area contributed by atoms with Crippen LogP contribution in [-0.4, -0.2) is 46.9 Å². The second-order valence-electron chi connectivity index (χ2n) is 6.10. The molecule has 6 nitrogen and oxygen atoms in total. The minimum Gasteiger partial charge on any atom is -0.445 e. The molecule has 3 heterocycles. The molecule has 0 radical (unpaired) electrons. The van der Waals surface area contributed by atoms with Gasteiger partial charge >= 0.3 is 5.69 Å². The molecule has 1 aromatic carbocycles. The zero-order chi connectivity index (χ0) is 16.5. The van der Waals surface area contributed by atoms with E-state index in [4.69, 9.17) is 9.15 Å². The number of aromatic nitrogens is 2. The van der Waals surface area contributed by atoms with Crippen molar-refractivity contribution >= 4 is 11.0 Å². The maximum Gasteiger partial charge on any atom is 0.336 e. The van der Waals surface area contributed by atoms with E-state index in [1.165, 1.54) is 0 Å². The first kappa shape index (κ1) is 15.2. The fourth-order valence-corrected chi connectivity index (χ4v) is 3.25. The number of hydrogen-bond acceptors (Lipinski definition) is 4. The van der Waals surface area contributed by atoms with Crippen LogP contribution in [0.15, 0.2) is 45.6 Å². The number of furan rings is 1. The molecule has 0 atom stereocenters. The van der Waals surface area contributed by atoms with Crippen LogP contribution in [0.2, 0.25) is 0 Å². The number of ether oxygens (including phenoxy) is 1. The number of imidazole rings is 1. The van der Waals surface area contributed by atoms with Gasteiger partial charge in [0.2, 0.25) is 5.88 Å². The molecule has 1 aliphatic heterocycles. The van der Waals surface area contributed by atoms with Gasteiger partial charge in [0.25, 0.3) is 0 Å². The molecule has 0 saturated carbocycles. The molecule has 4 rings (SSSR count). The highest BCUT2D eigenvalue weighted by Gasteiger charge is 2.17. The summed E-state index contributed by atoms with van der Waals surface area (Å²) < 4.78 is 14.6. The molecule has 1 saturated heterocycles. The van der Waals surface area contributed by atoms with Gasteiger partial charge in [-0.2, -0.15) is 0 Å². The Labute approximate surface area is 139 Å². The van der Waals surface area contributed by atoms with E-state index in [0.717, 1.165) is 49.6 Å². The third kappa shape index (κ3) is 2.68. The average Bonchev–Trinajstić information content (AvgIpc) is 3.14. The van der Waals surface area contributed by atoms with Crippen LogP contribution in [0.1, 0.15) is 5.76 Å². The van der Waals surface area contributed by atoms with Crippen LogP contribution >= 0.6 is 0 Å². The van der Waals surface area contributed by atoms with Crippen molar-refractivity contribution in [3.05, 3.63) is 52.6 Å². The molecule has 0 spiro atoms.